The molecule has 0 radical (unpaired) electrons. The third-order valence-corrected chi connectivity index (χ3v) is 5.34. The predicted octanol–water partition coefficient (Wildman–Crippen LogP) is 3.48. The molecule has 1 fully saturated rings. The number of carbonyl (C=O) groups is 2. The first-order valence-corrected chi connectivity index (χ1v) is 10.5. The number of piperidine rings is 1. The number of nitrogens with one attached hydrogen (secondary N) is 2. The Kier molecular flexibility index (Phi) is 7.33. The van der Waals surface area contributed by atoms with Crippen molar-refractivity contribution in [1.82, 2.24) is 10.6 Å². The molecule has 0 unspecified atom stereocenters. The lowest BCUT2D eigenvalue weighted by molar-refractivity contribution is 0.0929. The van der Waals surface area contributed by atoms with Crippen molar-refractivity contribution in [2.45, 2.75) is 32.7 Å². The quantitative estimate of drug-likeness (QED) is 0.735. The van der Waals surface area contributed by atoms with Gasteiger partial charge in [0.1, 0.15) is 5.75 Å². The zero-order valence-electron chi connectivity index (χ0n) is 18.0. The van der Waals surface area contributed by atoms with Crippen LogP contribution in [0.25, 0.3) is 0 Å². The summed E-state index contributed by atoms with van der Waals surface area (Å²) in [7, 11) is 1.61. The van der Waals surface area contributed by atoms with Crippen LogP contribution in [-0.2, 0) is 0 Å². The molecule has 1 aliphatic rings. The topological polar surface area (TPSA) is 70.7 Å². The van der Waals surface area contributed by atoms with Gasteiger partial charge in [-0.05, 0) is 55.2 Å². The van der Waals surface area contributed by atoms with Crippen LogP contribution in [0.2, 0.25) is 0 Å². The lowest BCUT2D eigenvalue weighted by Gasteiger charge is -2.35. The summed E-state index contributed by atoms with van der Waals surface area (Å²) in [6.45, 7) is 6.41. The second-order valence-corrected chi connectivity index (χ2v) is 8.08. The van der Waals surface area contributed by atoms with Crippen LogP contribution >= 0.6 is 0 Å². The standard InChI is InChI=1S/C24H31N3O3/c1-17(2)16-25-24(29)21-6-4-5-7-22(21)27-14-12-19(13-15-27)26-23(28)18-8-10-20(30-3)11-9-18/h4-11,17,19H,12-16H2,1-3H3,(H,25,29)(H,26,28). The maximum absolute atomic E-state index is 12.6. The Morgan fingerprint density at radius 1 is 1.03 bits per heavy atom. The molecular weight excluding hydrogens is 378 g/mol. The number of ether oxygens (including phenoxy) is 1. The highest BCUT2D eigenvalue weighted by Gasteiger charge is 2.24. The van der Waals surface area contributed by atoms with Gasteiger partial charge in [0.05, 0.1) is 12.7 Å². The minimum atomic E-state index is -0.0652. The maximum Gasteiger partial charge on any atom is 0.253 e. The minimum absolute atomic E-state index is 0.0331. The monoisotopic (exact) mass is 409 g/mol. The molecule has 0 aliphatic carbocycles. The van der Waals surface area contributed by atoms with Crippen molar-refractivity contribution in [2.75, 3.05) is 31.6 Å². The second-order valence-electron chi connectivity index (χ2n) is 8.08. The molecule has 0 spiro atoms. The van der Waals surface area contributed by atoms with Gasteiger partial charge in [0, 0.05) is 36.9 Å². The van der Waals surface area contributed by atoms with E-state index in [0.717, 1.165) is 37.4 Å². The fourth-order valence-corrected chi connectivity index (χ4v) is 3.61. The molecule has 1 aliphatic heterocycles. The molecule has 160 valence electrons. The van der Waals surface area contributed by atoms with E-state index in [1.54, 1.807) is 31.4 Å². The molecule has 2 aromatic rings. The van der Waals surface area contributed by atoms with E-state index in [1.807, 2.05) is 24.3 Å². The summed E-state index contributed by atoms with van der Waals surface area (Å²) in [4.78, 5) is 27.4. The lowest BCUT2D eigenvalue weighted by Crippen LogP contribution is -2.45. The highest BCUT2D eigenvalue weighted by Crippen LogP contribution is 2.24. The summed E-state index contributed by atoms with van der Waals surface area (Å²) >= 11 is 0. The fourth-order valence-electron chi connectivity index (χ4n) is 3.61. The maximum atomic E-state index is 12.6. The minimum Gasteiger partial charge on any atom is -0.497 e. The normalized spacial score (nSPS) is 14.5. The molecule has 6 heteroatoms. The Bertz CT molecular complexity index is 856. The number of nitrogens with zero attached hydrogens (tertiary/aromatic N) is 1. The van der Waals surface area contributed by atoms with E-state index in [1.165, 1.54) is 0 Å². The Morgan fingerprint density at radius 2 is 1.70 bits per heavy atom. The van der Waals surface area contributed by atoms with Crippen molar-refractivity contribution in [1.29, 1.82) is 0 Å². The molecule has 0 bridgehead atoms. The molecule has 0 saturated carbocycles. The van der Waals surface area contributed by atoms with Crippen molar-refractivity contribution in [3.63, 3.8) is 0 Å². The second kappa shape index (κ2) is 10.1. The summed E-state index contributed by atoms with van der Waals surface area (Å²) in [5.74, 6) is 1.04. The smallest absolute Gasteiger partial charge is 0.253 e. The highest BCUT2D eigenvalue weighted by atomic mass is 16.5. The number of carbonyl (C=O) groups excluding carboxylic acids is 2. The average Bonchev–Trinajstić information content (AvgIpc) is 2.78. The molecule has 2 aromatic carbocycles. The number of para-hydroxylation sites is 1. The number of hydrogen-bond donors (Lipinski definition) is 2. The molecule has 3 rings (SSSR count). The highest BCUT2D eigenvalue weighted by molar-refractivity contribution is 5.99. The van der Waals surface area contributed by atoms with Crippen LogP contribution in [0.4, 0.5) is 5.69 Å². The Morgan fingerprint density at radius 3 is 2.33 bits per heavy atom. The van der Waals surface area contributed by atoms with E-state index >= 15 is 0 Å². The van der Waals surface area contributed by atoms with Crippen LogP contribution in [0.15, 0.2) is 48.5 Å². The SMILES string of the molecule is COc1ccc(C(=O)NC2CCN(c3ccccc3C(=O)NCC(C)C)CC2)cc1. The summed E-state index contributed by atoms with van der Waals surface area (Å²) in [5, 5.41) is 6.14. The van der Waals surface area contributed by atoms with Gasteiger partial charge >= 0.3 is 0 Å². The molecule has 6 nitrogen and oxygen atoms in total. The molecule has 1 heterocycles. The van der Waals surface area contributed by atoms with Crippen molar-refractivity contribution < 1.29 is 14.3 Å². The van der Waals surface area contributed by atoms with Gasteiger partial charge in [0.25, 0.3) is 11.8 Å². The van der Waals surface area contributed by atoms with Crippen molar-refractivity contribution in [2.24, 2.45) is 5.92 Å². The first-order chi connectivity index (χ1) is 14.5. The average molecular weight is 410 g/mol. The zero-order valence-corrected chi connectivity index (χ0v) is 18.0. The van der Waals surface area contributed by atoms with E-state index in [0.29, 0.717) is 23.6 Å². The third kappa shape index (κ3) is 5.53. The van der Waals surface area contributed by atoms with Gasteiger partial charge in [-0.3, -0.25) is 9.59 Å². The Hall–Kier alpha value is -3.02. The van der Waals surface area contributed by atoms with Crippen molar-refractivity contribution >= 4 is 17.5 Å². The van der Waals surface area contributed by atoms with E-state index in [9.17, 15) is 9.59 Å². The van der Waals surface area contributed by atoms with Crippen molar-refractivity contribution in [3.05, 3.63) is 59.7 Å². The fraction of sp³-hybridized carbons (Fsp3) is 0.417. The Labute approximate surface area is 178 Å². The number of rotatable bonds is 7. The summed E-state index contributed by atoms with van der Waals surface area (Å²) in [5.41, 5.74) is 2.29. The van der Waals surface area contributed by atoms with Gasteiger partial charge in [0.2, 0.25) is 0 Å². The molecule has 0 aromatic heterocycles. The molecule has 2 N–H and O–H groups in total. The molecular formula is C24H31N3O3. The first kappa shape index (κ1) is 21.7. The van der Waals surface area contributed by atoms with E-state index in [4.69, 9.17) is 4.74 Å². The molecule has 30 heavy (non-hydrogen) atoms. The van der Waals surface area contributed by atoms with Gasteiger partial charge in [0.15, 0.2) is 0 Å². The molecule has 1 saturated heterocycles. The van der Waals surface area contributed by atoms with Crippen LogP contribution in [-0.4, -0.2) is 44.6 Å². The van der Waals surface area contributed by atoms with Gasteiger partial charge in [-0.25, -0.2) is 0 Å². The molecule has 2 amide bonds. The zero-order chi connectivity index (χ0) is 21.5. The largest absolute Gasteiger partial charge is 0.497 e. The number of anilines is 1. The van der Waals surface area contributed by atoms with E-state index in [2.05, 4.69) is 29.4 Å². The summed E-state index contributed by atoms with van der Waals surface area (Å²) < 4.78 is 5.14. The number of hydrogen-bond acceptors (Lipinski definition) is 4. The van der Waals surface area contributed by atoms with Crippen LogP contribution in [0.5, 0.6) is 5.75 Å². The molecule has 0 atom stereocenters. The predicted molar refractivity (Wildman–Crippen MR) is 119 cm³/mol. The van der Waals surface area contributed by atoms with Gasteiger partial charge in [-0.15, -0.1) is 0 Å². The first-order valence-electron chi connectivity index (χ1n) is 10.5. The van der Waals surface area contributed by atoms with Gasteiger partial charge < -0.3 is 20.3 Å². The van der Waals surface area contributed by atoms with Crippen LogP contribution < -0.4 is 20.3 Å². The van der Waals surface area contributed by atoms with Crippen LogP contribution in [0, 0.1) is 5.92 Å². The number of amides is 2. The van der Waals surface area contributed by atoms with Crippen LogP contribution in [0.3, 0.4) is 0 Å². The van der Waals surface area contributed by atoms with E-state index in [-0.39, 0.29) is 17.9 Å². The lowest BCUT2D eigenvalue weighted by atomic mass is 10.0. The van der Waals surface area contributed by atoms with Gasteiger partial charge in [-0.2, -0.15) is 0 Å². The van der Waals surface area contributed by atoms with Crippen LogP contribution in [0.1, 0.15) is 47.4 Å². The third-order valence-electron chi connectivity index (χ3n) is 5.34. The summed E-state index contributed by atoms with van der Waals surface area (Å²) in [6.07, 6.45) is 1.67. The van der Waals surface area contributed by atoms with Gasteiger partial charge in [-0.1, -0.05) is 26.0 Å². The van der Waals surface area contributed by atoms with E-state index < -0.39 is 0 Å². The number of benzene rings is 2. The Balaban J connectivity index is 1.57. The summed E-state index contributed by atoms with van der Waals surface area (Å²) in [6, 6.07) is 15.0. The van der Waals surface area contributed by atoms with Crippen molar-refractivity contribution in [3.8, 4) is 5.75 Å². The number of methoxy groups -OCH3 is 1.